The van der Waals surface area contributed by atoms with Crippen molar-refractivity contribution in [3.05, 3.63) is 71.8 Å². The molecule has 0 aliphatic carbocycles. The molecule has 4 atom stereocenters. The molecule has 0 radical (unpaired) electrons. The molecule has 0 fully saturated rings. The van der Waals surface area contributed by atoms with Gasteiger partial charge in [-0.05, 0) is 24.0 Å². The highest BCUT2D eigenvalue weighted by molar-refractivity contribution is 6.06. The second kappa shape index (κ2) is 9.25. The Morgan fingerprint density at radius 3 is 1.48 bits per heavy atom. The van der Waals surface area contributed by atoms with Crippen LogP contribution in [-0.4, -0.2) is 37.1 Å². The maximum Gasteiger partial charge on any atom is 0.199 e. The number of hydrogen-bond acceptors (Lipinski definition) is 4. The number of aliphatic imine (C=N–C) groups is 2. The van der Waals surface area contributed by atoms with Crippen LogP contribution in [0, 0.1) is 5.41 Å². The summed E-state index contributed by atoms with van der Waals surface area (Å²) in [4.78, 5) is 10.2. The van der Waals surface area contributed by atoms with Crippen molar-refractivity contribution in [2.75, 3.05) is 13.2 Å². The van der Waals surface area contributed by atoms with E-state index in [-0.39, 0.29) is 17.5 Å². The molecule has 4 nitrogen and oxygen atoms in total. The molecular weight excluding hydrogens is 384 g/mol. The highest BCUT2D eigenvalue weighted by Gasteiger charge is 2.47. The van der Waals surface area contributed by atoms with Crippen LogP contribution in [0.25, 0.3) is 0 Å². The number of hydrogen-bond donors (Lipinski definition) is 0. The molecule has 3 unspecified atom stereocenters. The lowest BCUT2D eigenvalue weighted by molar-refractivity contribution is 0.239. The van der Waals surface area contributed by atoms with Crippen LogP contribution in [0.4, 0.5) is 0 Å². The predicted molar refractivity (Wildman–Crippen MR) is 127 cm³/mol. The molecule has 164 valence electrons. The number of rotatable bonds is 8. The van der Waals surface area contributed by atoms with E-state index in [1.807, 2.05) is 0 Å². The van der Waals surface area contributed by atoms with Crippen LogP contribution in [0.15, 0.2) is 70.6 Å². The van der Waals surface area contributed by atoms with E-state index < -0.39 is 0 Å². The van der Waals surface area contributed by atoms with Gasteiger partial charge in [-0.15, -0.1) is 0 Å². The van der Waals surface area contributed by atoms with Crippen molar-refractivity contribution in [2.24, 2.45) is 15.4 Å². The number of benzene rings is 2. The second-order valence-electron chi connectivity index (χ2n) is 8.81. The maximum absolute atomic E-state index is 6.24. The molecule has 4 rings (SSSR count). The summed E-state index contributed by atoms with van der Waals surface area (Å²) in [5.41, 5.74) is 2.22. The molecule has 31 heavy (non-hydrogen) atoms. The van der Waals surface area contributed by atoms with Gasteiger partial charge in [0.1, 0.15) is 18.6 Å². The van der Waals surface area contributed by atoms with Crippen molar-refractivity contribution in [3.8, 4) is 0 Å². The third-order valence-electron chi connectivity index (χ3n) is 7.18. The van der Waals surface area contributed by atoms with Gasteiger partial charge in [0.15, 0.2) is 11.8 Å². The smallest absolute Gasteiger partial charge is 0.199 e. The predicted octanol–water partition coefficient (Wildman–Crippen LogP) is 5.99. The van der Waals surface area contributed by atoms with Crippen LogP contribution in [0.1, 0.15) is 63.5 Å². The van der Waals surface area contributed by atoms with Gasteiger partial charge in [0.05, 0.1) is 12.1 Å². The zero-order valence-electron chi connectivity index (χ0n) is 19.1. The fourth-order valence-electron chi connectivity index (χ4n) is 4.72. The first-order chi connectivity index (χ1) is 15.1. The van der Waals surface area contributed by atoms with E-state index in [1.54, 1.807) is 0 Å². The minimum Gasteiger partial charge on any atom is -0.478 e. The first kappa shape index (κ1) is 21.6. The standard InChI is InChI=1S/C27H34N2O2/c1-5-27(6-2,25-28-23(17-30-25)19(3)21-13-9-7-10-14-21)26-29-24(18-31-26)20(4)22-15-11-8-12-16-22/h7-16,19-20,23-24H,5-6,17-18H2,1-4H3/t19?,20?,23-,24?/m1/s1. The van der Waals surface area contributed by atoms with Crippen LogP contribution in [-0.2, 0) is 9.47 Å². The molecule has 2 aliphatic rings. The summed E-state index contributed by atoms with van der Waals surface area (Å²) in [5.74, 6) is 2.22. The van der Waals surface area contributed by atoms with Crippen LogP contribution < -0.4 is 0 Å². The summed E-state index contributed by atoms with van der Waals surface area (Å²) in [6.45, 7) is 10.1. The maximum atomic E-state index is 6.24. The van der Waals surface area contributed by atoms with Crippen LogP contribution in [0.3, 0.4) is 0 Å². The lowest BCUT2D eigenvalue weighted by Gasteiger charge is -2.29. The first-order valence-corrected chi connectivity index (χ1v) is 11.6. The van der Waals surface area contributed by atoms with E-state index in [0.717, 1.165) is 24.6 Å². The number of nitrogens with zero attached hydrogens (tertiary/aromatic N) is 2. The second-order valence-corrected chi connectivity index (χ2v) is 8.81. The molecule has 0 spiro atoms. The van der Waals surface area contributed by atoms with E-state index in [9.17, 15) is 0 Å². The Bertz CT molecular complexity index is 845. The van der Waals surface area contributed by atoms with Crippen molar-refractivity contribution < 1.29 is 9.47 Å². The van der Waals surface area contributed by atoms with Gasteiger partial charge in [-0.1, -0.05) is 88.4 Å². The van der Waals surface area contributed by atoms with Gasteiger partial charge in [0, 0.05) is 11.8 Å². The van der Waals surface area contributed by atoms with Crippen LogP contribution in [0.5, 0.6) is 0 Å². The Kier molecular flexibility index (Phi) is 6.45. The Balaban J connectivity index is 1.57. The van der Waals surface area contributed by atoms with Crippen molar-refractivity contribution >= 4 is 11.8 Å². The zero-order chi connectivity index (χ0) is 21.8. The molecule has 2 aliphatic heterocycles. The molecule has 2 aromatic rings. The largest absolute Gasteiger partial charge is 0.478 e. The number of ether oxygens (including phenoxy) is 2. The zero-order valence-corrected chi connectivity index (χ0v) is 19.1. The summed E-state index contributed by atoms with van der Waals surface area (Å²) in [6.07, 6.45) is 1.72. The van der Waals surface area contributed by atoms with Gasteiger partial charge >= 0.3 is 0 Å². The van der Waals surface area contributed by atoms with Gasteiger partial charge in [-0.2, -0.15) is 0 Å². The van der Waals surface area contributed by atoms with E-state index in [1.165, 1.54) is 11.1 Å². The lowest BCUT2D eigenvalue weighted by Crippen LogP contribution is -2.39. The van der Waals surface area contributed by atoms with Crippen LogP contribution >= 0.6 is 0 Å². The van der Waals surface area contributed by atoms with Gasteiger partial charge in [-0.25, -0.2) is 9.98 Å². The van der Waals surface area contributed by atoms with E-state index in [2.05, 4.69) is 88.4 Å². The quantitative estimate of drug-likeness (QED) is 0.528. The molecule has 0 saturated carbocycles. The summed E-state index contributed by atoms with van der Waals surface area (Å²) < 4.78 is 12.5. The summed E-state index contributed by atoms with van der Waals surface area (Å²) >= 11 is 0. The monoisotopic (exact) mass is 418 g/mol. The molecule has 4 heteroatoms. The van der Waals surface area contributed by atoms with Crippen molar-refractivity contribution in [2.45, 2.75) is 64.5 Å². The SMILES string of the molecule is CCC(CC)(C1=NC(C(C)c2ccccc2)CO1)C1=N[C@@H](C(C)c2ccccc2)CO1. The van der Waals surface area contributed by atoms with Gasteiger partial charge < -0.3 is 9.47 Å². The first-order valence-electron chi connectivity index (χ1n) is 11.6. The third-order valence-corrected chi connectivity index (χ3v) is 7.18. The highest BCUT2D eigenvalue weighted by atomic mass is 16.5. The van der Waals surface area contributed by atoms with Crippen molar-refractivity contribution in [1.82, 2.24) is 0 Å². The molecule has 0 saturated heterocycles. The Labute approximate surface area is 186 Å². The molecule has 0 N–H and O–H groups in total. The topological polar surface area (TPSA) is 43.2 Å². The van der Waals surface area contributed by atoms with Gasteiger partial charge in [0.25, 0.3) is 0 Å². The molecule has 2 aromatic carbocycles. The molecule has 0 amide bonds. The van der Waals surface area contributed by atoms with Crippen molar-refractivity contribution in [3.63, 3.8) is 0 Å². The van der Waals surface area contributed by atoms with E-state index in [4.69, 9.17) is 19.5 Å². The molecule has 0 aromatic heterocycles. The molecule has 0 bridgehead atoms. The van der Waals surface area contributed by atoms with E-state index in [0.29, 0.717) is 25.0 Å². The summed E-state index contributed by atoms with van der Waals surface area (Å²) in [5, 5.41) is 0. The lowest BCUT2D eigenvalue weighted by atomic mass is 9.81. The van der Waals surface area contributed by atoms with Gasteiger partial charge in [0.2, 0.25) is 0 Å². The Morgan fingerprint density at radius 2 is 1.13 bits per heavy atom. The third kappa shape index (κ3) is 4.13. The molecular formula is C27H34N2O2. The average molecular weight is 419 g/mol. The normalized spacial score (nSPS) is 22.8. The minimum absolute atomic E-state index is 0.121. The minimum atomic E-state index is -0.379. The van der Waals surface area contributed by atoms with E-state index >= 15 is 0 Å². The fourth-order valence-corrected chi connectivity index (χ4v) is 4.72. The van der Waals surface area contributed by atoms with Crippen molar-refractivity contribution in [1.29, 1.82) is 0 Å². The van der Waals surface area contributed by atoms with Gasteiger partial charge in [-0.3, -0.25) is 0 Å². The molecule has 2 heterocycles. The Hall–Kier alpha value is -2.62. The van der Waals surface area contributed by atoms with Crippen LogP contribution in [0.2, 0.25) is 0 Å². The Morgan fingerprint density at radius 1 is 0.742 bits per heavy atom. The summed E-state index contributed by atoms with van der Waals surface area (Å²) in [7, 11) is 0. The highest BCUT2D eigenvalue weighted by Crippen LogP contribution is 2.39. The average Bonchev–Trinajstić information content (AvgIpc) is 3.52. The fraction of sp³-hybridized carbons (Fsp3) is 0.481. The summed E-state index contributed by atoms with van der Waals surface area (Å²) in [6, 6.07) is 21.4.